The van der Waals surface area contributed by atoms with E-state index in [1.807, 2.05) is 14.0 Å². The molecule has 0 spiro atoms. The third-order valence-corrected chi connectivity index (χ3v) is 6.02. The van der Waals surface area contributed by atoms with E-state index >= 15 is 0 Å². The summed E-state index contributed by atoms with van der Waals surface area (Å²) in [6, 6.07) is 0.339. The summed E-state index contributed by atoms with van der Waals surface area (Å²) in [7, 11) is 1.99. The topological polar surface area (TPSA) is 112 Å². The zero-order valence-corrected chi connectivity index (χ0v) is 12.3. The van der Waals surface area contributed by atoms with Gasteiger partial charge in [-0.3, -0.25) is 4.90 Å². The fourth-order valence-electron chi connectivity index (χ4n) is 4.68. The van der Waals surface area contributed by atoms with E-state index in [1.54, 1.807) is 0 Å². The Kier molecular flexibility index (Phi) is 3.60. The fourth-order valence-corrected chi connectivity index (χ4v) is 4.68. The minimum Gasteiger partial charge on any atom is -0.396 e. The van der Waals surface area contributed by atoms with Crippen LogP contribution in [-0.4, -0.2) is 76.3 Å². The quantitative estimate of drug-likeness (QED) is 0.374. The summed E-state index contributed by atoms with van der Waals surface area (Å²) in [4.78, 5) is 2.16. The highest BCUT2D eigenvalue weighted by Crippen LogP contribution is 2.46. The maximum atomic E-state index is 10.6. The lowest BCUT2D eigenvalue weighted by Gasteiger charge is -2.45. The highest BCUT2D eigenvalue weighted by Gasteiger charge is 2.61. The summed E-state index contributed by atoms with van der Waals surface area (Å²) in [6.45, 7) is 4.03. The standard InChI is InChI=1S/C14H27N3O3/c1-5-9(15)14(20)8-7(4-18)11(10-6(2)16-10)17(3)12(8)13(5)19/h5-14,16,18-20H,4,15H2,1-3H3/t5?,6?,7?,8?,9?,10-,11?,12?,13?,14?/m0/s1. The highest BCUT2D eigenvalue weighted by molar-refractivity contribution is 5.17. The molecule has 2 aliphatic heterocycles. The molecule has 1 aliphatic carbocycles. The number of hydrogen-bond donors (Lipinski definition) is 5. The van der Waals surface area contributed by atoms with Gasteiger partial charge in [0.15, 0.2) is 0 Å². The predicted octanol–water partition coefficient (Wildman–Crippen LogP) is -2.05. The van der Waals surface area contributed by atoms with Gasteiger partial charge in [-0.25, -0.2) is 0 Å². The molecule has 10 atom stereocenters. The summed E-state index contributed by atoms with van der Waals surface area (Å²) >= 11 is 0. The van der Waals surface area contributed by atoms with E-state index in [4.69, 9.17) is 5.73 Å². The zero-order chi connectivity index (χ0) is 14.8. The van der Waals surface area contributed by atoms with Crippen LogP contribution in [-0.2, 0) is 0 Å². The predicted molar refractivity (Wildman–Crippen MR) is 74.9 cm³/mol. The third-order valence-electron chi connectivity index (χ3n) is 6.02. The molecular weight excluding hydrogens is 258 g/mol. The van der Waals surface area contributed by atoms with Crippen LogP contribution >= 0.6 is 0 Å². The molecule has 6 N–H and O–H groups in total. The Labute approximate surface area is 119 Å². The third kappa shape index (κ3) is 1.86. The Hall–Kier alpha value is -0.240. The number of aliphatic hydroxyl groups is 3. The summed E-state index contributed by atoms with van der Waals surface area (Å²) < 4.78 is 0. The smallest absolute Gasteiger partial charge is 0.0742 e. The molecule has 0 aromatic carbocycles. The van der Waals surface area contributed by atoms with E-state index in [0.717, 1.165) is 0 Å². The molecule has 2 saturated heterocycles. The second-order valence-electron chi connectivity index (χ2n) is 6.97. The molecular formula is C14H27N3O3. The SMILES string of the molecule is CC1C(N)C(O)C2C(CO)C([C@H]3NC3C)N(C)C2C1O. The molecule has 6 heteroatoms. The van der Waals surface area contributed by atoms with Crippen LogP contribution in [0.15, 0.2) is 0 Å². The van der Waals surface area contributed by atoms with Gasteiger partial charge in [0, 0.05) is 54.6 Å². The number of rotatable bonds is 2. The highest BCUT2D eigenvalue weighted by atomic mass is 16.3. The lowest BCUT2D eigenvalue weighted by molar-refractivity contribution is -0.0845. The average molecular weight is 285 g/mol. The van der Waals surface area contributed by atoms with Crippen LogP contribution in [0, 0.1) is 17.8 Å². The molecule has 3 rings (SSSR count). The van der Waals surface area contributed by atoms with Gasteiger partial charge in [0.2, 0.25) is 0 Å². The van der Waals surface area contributed by atoms with Crippen molar-refractivity contribution >= 4 is 0 Å². The van der Waals surface area contributed by atoms with Gasteiger partial charge < -0.3 is 26.4 Å². The number of aliphatic hydroxyl groups excluding tert-OH is 3. The number of likely N-dealkylation sites (N-methyl/N-ethyl adjacent to an activating group) is 1. The lowest BCUT2D eigenvalue weighted by atomic mass is 9.69. The first kappa shape index (κ1) is 14.7. The van der Waals surface area contributed by atoms with Crippen LogP contribution in [0.4, 0.5) is 0 Å². The van der Waals surface area contributed by atoms with Crippen molar-refractivity contribution in [1.29, 1.82) is 0 Å². The van der Waals surface area contributed by atoms with Crippen molar-refractivity contribution in [3.05, 3.63) is 0 Å². The molecule has 2 heterocycles. The first-order valence-corrected chi connectivity index (χ1v) is 7.60. The Morgan fingerprint density at radius 3 is 2.25 bits per heavy atom. The monoisotopic (exact) mass is 285 g/mol. The van der Waals surface area contributed by atoms with Crippen molar-refractivity contribution in [2.75, 3.05) is 13.7 Å². The van der Waals surface area contributed by atoms with E-state index < -0.39 is 18.2 Å². The van der Waals surface area contributed by atoms with Crippen molar-refractivity contribution in [2.45, 2.75) is 56.3 Å². The molecule has 20 heavy (non-hydrogen) atoms. The molecule has 0 radical (unpaired) electrons. The van der Waals surface area contributed by atoms with Crippen LogP contribution in [0.25, 0.3) is 0 Å². The zero-order valence-electron chi connectivity index (χ0n) is 12.3. The second-order valence-corrected chi connectivity index (χ2v) is 6.97. The normalized spacial score (nSPS) is 59.5. The van der Waals surface area contributed by atoms with Gasteiger partial charge in [-0.2, -0.15) is 0 Å². The molecule has 0 aromatic rings. The lowest BCUT2D eigenvalue weighted by Crippen LogP contribution is -2.62. The van der Waals surface area contributed by atoms with Crippen molar-refractivity contribution in [1.82, 2.24) is 10.2 Å². The fraction of sp³-hybridized carbons (Fsp3) is 1.00. The Morgan fingerprint density at radius 2 is 1.75 bits per heavy atom. The van der Waals surface area contributed by atoms with Crippen molar-refractivity contribution in [2.24, 2.45) is 23.5 Å². The van der Waals surface area contributed by atoms with Crippen LogP contribution in [0.3, 0.4) is 0 Å². The molecule has 9 unspecified atom stereocenters. The van der Waals surface area contributed by atoms with Gasteiger partial charge >= 0.3 is 0 Å². The molecule has 0 bridgehead atoms. The van der Waals surface area contributed by atoms with E-state index in [-0.39, 0.29) is 36.4 Å². The van der Waals surface area contributed by atoms with Gasteiger partial charge in [0.05, 0.1) is 12.2 Å². The van der Waals surface area contributed by atoms with Gasteiger partial charge in [-0.1, -0.05) is 6.92 Å². The van der Waals surface area contributed by atoms with E-state index in [2.05, 4.69) is 17.1 Å². The molecule has 116 valence electrons. The number of hydrogen-bond acceptors (Lipinski definition) is 6. The minimum absolute atomic E-state index is 0.0198. The van der Waals surface area contributed by atoms with E-state index in [9.17, 15) is 15.3 Å². The largest absolute Gasteiger partial charge is 0.396 e. The summed E-state index contributed by atoms with van der Waals surface area (Å²) in [5.41, 5.74) is 6.07. The molecule has 1 saturated carbocycles. The Morgan fingerprint density at radius 1 is 1.15 bits per heavy atom. The minimum atomic E-state index is -0.669. The number of fused-ring (bicyclic) bond motifs is 1. The summed E-state index contributed by atoms with van der Waals surface area (Å²) in [6.07, 6.45) is -1.23. The first-order chi connectivity index (χ1) is 9.40. The number of nitrogens with one attached hydrogen (secondary N) is 1. The van der Waals surface area contributed by atoms with Crippen LogP contribution in [0.1, 0.15) is 13.8 Å². The van der Waals surface area contributed by atoms with E-state index in [1.165, 1.54) is 0 Å². The van der Waals surface area contributed by atoms with Crippen LogP contribution < -0.4 is 11.1 Å². The molecule has 0 aromatic heterocycles. The van der Waals surface area contributed by atoms with Crippen LogP contribution in [0.5, 0.6) is 0 Å². The first-order valence-electron chi connectivity index (χ1n) is 7.60. The van der Waals surface area contributed by atoms with Gasteiger partial charge in [-0.15, -0.1) is 0 Å². The maximum absolute atomic E-state index is 10.6. The van der Waals surface area contributed by atoms with Gasteiger partial charge in [0.25, 0.3) is 0 Å². The van der Waals surface area contributed by atoms with Crippen molar-refractivity contribution in [3.8, 4) is 0 Å². The number of likely N-dealkylation sites (tertiary alicyclic amines) is 1. The Balaban J connectivity index is 1.93. The van der Waals surface area contributed by atoms with Crippen molar-refractivity contribution < 1.29 is 15.3 Å². The van der Waals surface area contributed by atoms with Crippen molar-refractivity contribution in [3.63, 3.8) is 0 Å². The molecule has 3 aliphatic rings. The summed E-state index contributed by atoms with van der Waals surface area (Å²) in [5, 5.41) is 34.3. The molecule has 0 amide bonds. The maximum Gasteiger partial charge on any atom is 0.0742 e. The molecule has 6 nitrogen and oxygen atoms in total. The van der Waals surface area contributed by atoms with E-state index in [0.29, 0.717) is 12.1 Å². The summed E-state index contributed by atoms with van der Waals surface area (Å²) in [5.74, 6) is -0.349. The number of nitrogens with two attached hydrogens (primary N) is 1. The Bertz CT molecular complexity index is 383. The average Bonchev–Trinajstić information content (AvgIpc) is 3.05. The van der Waals surface area contributed by atoms with Gasteiger partial charge in [0.1, 0.15) is 0 Å². The second kappa shape index (κ2) is 4.90. The van der Waals surface area contributed by atoms with Crippen LogP contribution in [0.2, 0.25) is 0 Å². The molecule has 3 fully saturated rings. The number of nitrogens with zero attached hydrogens (tertiary/aromatic N) is 1. The van der Waals surface area contributed by atoms with Gasteiger partial charge in [-0.05, 0) is 14.0 Å².